The van der Waals surface area contributed by atoms with Crippen molar-refractivity contribution in [1.29, 1.82) is 0 Å². The Balaban J connectivity index is 2.07. The average molecular weight is 218 g/mol. The third kappa shape index (κ3) is 2.23. The zero-order valence-corrected chi connectivity index (χ0v) is 8.89. The van der Waals surface area contributed by atoms with Gasteiger partial charge in [0.15, 0.2) is 0 Å². The first-order valence-electron chi connectivity index (χ1n) is 5.22. The van der Waals surface area contributed by atoms with Crippen LogP contribution in [-0.2, 0) is 11.5 Å². The lowest BCUT2D eigenvalue weighted by molar-refractivity contribution is -0.122. The van der Waals surface area contributed by atoms with Crippen molar-refractivity contribution in [1.82, 2.24) is 9.88 Å². The molecule has 0 saturated heterocycles. The number of benzene rings is 1. The minimum absolute atomic E-state index is 0.113. The molecule has 2 N–H and O–H groups in total. The Morgan fingerprint density at radius 3 is 2.94 bits per heavy atom. The molecule has 0 aliphatic rings. The number of para-hydroxylation sites is 1. The second-order valence-corrected chi connectivity index (χ2v) is 3.58. The van der Waals surface area contributed by atoms with E-state index >= 15 is 0 Å². The molecular formula is C12H14N2O2. The zero-order valence-electron chi connectivity index (χ0n) is 8.89. The van der Waals surface area contributed by atoms with Gasteiger partial charge in [0.25, 0.3) is 0 Å². The minimum atomic E-state index is -0.139. The van der Waals surface area contributed by atoms with E-state index in [4.69, 9.17) is 5.11 Å². The number of aliphatic hydroxyl groups is 1. The van der Waals surface area contributed by atoms with Crippen LogP contribution in [0.3, 0.4) is 0 Å². The molecule has 4 nitrogen and oxygen atoms in total. The van der Waals surface area contributed by atoms with Gasteiger partial charge in [0.2, 0.25) is 5.91 Å². The van der Waals surface area contributed by atoms with Gasteiger partial charge >= 0.3 is 0 Å². The van der Waals surface area contributed by atoms with Gasteiger partial charge in [-0.3, -0.25) is 4.79 Å². The summed E-state index contributed by atoms with van der Waals surface area (Å²) in [6.07, 6.45) is 2.09. The summed E-state index contributed by atoms with van der Waals surface area (Å²) in [5, 5.41) is 12.5. The number of fused-ring (bicyclic) bond motifs is 1. The lowest BCUT2D eigenvalue weighted by Gasteiger charge is -2.07. The van der Waals surface area contributed by atoms with E-state index in [1.54, 1.807) is 0 Å². The van der Waals surface area contributed by atoms with Crippen LogP contribution in [0.1, 0.15) is 6.42 Å². The largest absolute Gasteiger partial charge is 0.396 e. The summed E-state index contributed by atoms with van der Waals surface area (Å²) in [6, 6.07) is 9.99. The van der Waals surface area contributed by atoms with Crippen molar-refractivity contribution in [2.24, 2.45) is 0 Å². The molecule has 0 spiro atoms. The first kappa shape index (κ1) is 10.7. The molecule has 0 radical (unpaired) electrons. The van der Waals surface area contributed by atoms with Crippen LogP contribution in [0.25, 0.3) is 10.9 Å². The van der Waals surface area contributed by atoms with E-state index in [1.807, 2.05) is 41.1 Å². The Labute approximate surface area is 93.5 Å². The highest BCUT2D eigenvalue weighted by Crippen LogP contribution is 2.13. The summed E-state index contributed by atoms with van der Waals surface area (Å²) < 4.78 is 1.96. The second kappa shape index (κ2) is 4.81. The van der Waals surface area contributed by atoms with Gasteiger partial charge in [0.1, 0.15) is 0 Å². The van der Waals surface area contributed by atoms with Gasteiger partial charge in [-0.05, 0) is 17.5 Å². The molecule has 1 heterocycles. The highest BCUT2D eigenvalue weighted by atomic mass is 16.3. The van der Waals surface area contributed by atoms with Crippen LogP contribution in [-0.4, -0.2) is 22.2 Å². The smallest absolute Gasteiger partial charge is 0.223 e. The van der Waals surface area contributed by atoms with E-state index in [-0.39, 0.29) is 18.9 Å². The molecule has 0 atom stereocenters. The standard InChI is InChI=1S/C12H14N2O2/c15-8-6-12(16)13-9-14-7-5-10-3-1-2-4-11(10)14/h1-5,7,15H,6,8-9H2,(H,13,16). The number of hydrogen-bond donors (Lipinski definition) is 2. The Kier molecular flexibility index (Phi) is 3.22. The molecule has 16 heavy (non-hydrogen) atoms. The van der Waals surface area contributed by atoms with Crippen LogP contribution in [0, 0.1) is 0 Å². The quantitative estimate of drug-likeness (QED) is 0.807. The molecule has 1 aromatic heterocycles. The molecule has 84 valence electrons. The van der Waals surface area contributed by atoms with Crippen molar-refractivity contribution in [3.05, 3.63) is 36.5 Å². The summed E-state index contributed by atoms with van der Waals surface area (Å²) in [5.41, 5.74) is 1.09. The van der Waals surface area contributed by atoms with Gasteiger partial charge in [0.05, 0.1) is 13.3 Å². The van der Waals surface area contributed by atoms with Crippen molar-refractivity contribution in [2.45, 2.75) is 13.1 Å². The predicted octanol–water partition coefficient (Wildman–Crippen LogP) is 1.10. The fourth-order valence-corrected chi connectivity index (χ4v) is 1.64. The summed E-state index contributed by atoms with van der Waals surface area (Å²) in [7, 11) is 0. The van der Waals surface area contributed by atoms with Crippen LogP contribution >= 0.6 is 0 Å². The second-order valence-electron chi connectivity index (χ2n) is 3.58. The molecule has 0 bridgehead atoms. The lowest BCUT2D eigenvalue weighted by Crippen LogP contribution is -2.26. The minimum Gasteiger partial charge on any atom is -0.396 e. The van der Waals surface area contributed by atoms with Crippen LogP contribution in [0.2, 0.25) is 0 Å². The number of rotatable bonds is 4. The van der Waals surface area contributed by atoms with Crippen LogP contribution < -0.4 is 5.32 Å². The van der Waals surface area contributed by atoms with E-state index in [0.29, 0.717) is 6.67 Å². The van der Waals surface area contributed by atoms with Gasteiger partial charge in [0, 0.05) is 18.1 Å². The van der Waals surface area contributed by atoms with Crippen LogP contribution in [0.5, 0.6) is 0 Å². The van der Waals surface area contributed by atoms with Crippen molar-refractivity contribution in [3.63, 3.8) is 0 Å². The number of nitrogens with one attached hydrogen (secondary N) is 1. The first-order valence-corrected chi connectivity index (χ1v) is 5.22. The van der Waals surface area contributed by atoms with E-state index in [9.17, 15) is 4.79 Å². The Morgan fingerprint density at radius 2 is 2.12 bits per heavy atom. The van der Waals surface area contributed by atoms with E-state index in [0.717, 1.165) is 10.9 Å². The van der Waals surface area contributed by atoms with Gasteiger partial charge in [-0.25, -0.2) is 0 Å². The number of carbonyl (C=O) groups is 1. The molecule has 1 aromatic carbocycles. The van der Waals surface area contributed by atoms with Gasteiger partial charge in [-0.2, -0.15) is 0 Å². The highest BCUT2D eigenvalue weighted by Gasteiger charge is 2.02. The zero-order chi connectivity index (χ0) is 11.4. The summed E-state index contributed by atoms with van der Waals surface area (Å²) in [6.45, 7) is 0.324. The molecule has 0 fully saturated rings. The fourth-order valence-electron chi connectivity index (χ4n) is 1.64. The third-order valence-electron chi connectivity index (χ3n) is 2.47. The number of carbonyl (C=O) groups excluding carboxylic acids is 1. The summed E-state index contributed by atoms with van der Waals surface area (Å²) in [4.78, 5) is 11.2. The maximum atomic E-state index is 11.2. The number of nitrogens with zero attached hydrogens (tertiary/aromatic N) is 1. The fraction of sp³-hybridized carbons (Fsp3) is 0.250. The van der Waals surface area contributed by atoms with Crippen LogP contribution in [0.15, 0.2) is 36.5 Å². The Bertz CT molecular complexity index is 490. The summed E-state index contributed by atoms with van der Waals surface area (Å²) >= 11 is 0. The monoisotopic (exact) mass is 218 g/mol. The normalized spacial score (nSPS) is 10.6. The SMILES string of the molecule is O=C(CCO)NCn1ccc2ccccc21. The number of hydrogen-bond acceptors (Lipinski definition) is 2. The molecule has 2 rings (SSSR count). The predicted molar refractivity (Wildman–Crippen MR) is 61.8 cm³/mol. The molecular weight excluding hydrogens is 204 g/mol. The maximum absolute atomic E-state index is 11.2. The van der Waals surface area contributed by atoms with Gasteiger partial charge < -0.3 is 15.0 Å². The summed E-state index contributed by atoms with van der Waals surface area (Å²) in [5.74, 6) is -0.139. The molecule has 2 aromatic rings. The van der Waals surface area contributed by atoms with Crippen molar-refractivity contribution in [2.75, 3.05) is 6.61 Å². The molecule has 4 heteroatoms. The van der Waals surface area contributed by atoms with Gasteiger partial charge in [-0.1, -0.05) is 18.2 Å². The molecule has 0 aliphatic carbocycles. The van der Waals surface area contributed by atoms with E-state index in [1.165, 1.54) is 0 Å². The van der Waals surface area contributed by atoms with Crippen LogP contribution in [0.4, 0.5) is 0 Å². The number of amides is 1. The van der Waals surface area contributed by atoms with Crippen molar-refractivity contribution < 1.29 is 9.90 Å². The van der Waals surface area contributed by atoms with Crippen molar-refractivity contribution in [3.8, 4) is 0 Å². The molecule has 0 unspecified atom stereocenters. The highest BCUT2D eigenvalue weighted by molar-refractivity contribution is 5.80. The third-order valence-corrected chi connectivity index (χ3v) is 2.47. The van der Waals surface area contributed by atoms with Gasteiger partial charge in [-0.15, -0.1) is 0 Å². The van der Waals surface area contributed by atoms with E-state index in [2.05, 4.69) is 5.32 Å². The number of aliphatic hydroxyl groups excluding tert-OH is 1. The first-order chi connectivity index (χ1) is 7.81. The Hall–Kier alpha value is -1.81. The topological polar surface area (TPSA) is 54.3 Å². The lowest BCUT2D eigenvalue weighted by atomic mass is 10.2. The average Bonchev–Trinajstić information content (AvgIpc) is 2.70. The molecule has 0 saturated carbocycles. The number of aromatic nitrogens is 1. The Morgan fingerprint density at radius 1 is 1.31 bits per heavy atom. The molecule has 1 amide bonds. The molecule has 0 aliphatic heterocycles. The maximum Gasteiger partial charge on any atom is 0.223 e. The van der Waals surface area contributed by atoms with E-state index < -0.39 is 0 Å². The van der Waals surface area contributed by atoms with Crippen molar-refractivity contribution >= 4 is 16.8 Å².